The predicted molar refractivity (Wildman–Crippen MR) is 71.5 cm³/mol. The third-order valence-electron chi connectivity index (χ3n) is 2.87. The minimum absolute atomic E-state index is 0.189. The normalized spacial score (nSPS) is 10.4. The third-order valence-corrected chi connectivity index (χ3v) is 2.87. The largest absolute Gasteiger partial charge is 0.508 e. The summed E-state index contributed by atoms with van der Waals surface area (Å²) in [6.07, 6.45) is 1.46. The van der Waals surface area contributed by atoms with E-state index < -0.39 is 0 Å². The molecule has 0 aliphatic heterocycles. The van der Waals surface area contributed by atoms with Crippen LogP contribution in [0.3, 0.4) is 0 Å². The molecule has 6 nitrogen and oxygen atoms in total. The molecule has 1 heterocycles. The highest BCUT2D eigenvalue weighted by Gasteiger charge is 2.19. The molecule has 1 aromatic carbocycles. The Bertz CT molecular complexity index is 570. The van der Waals surface area contributed by atoms with Gasteiger partial charge in [0, 0.05) is 20.6 Å². The number of phenols is 1. The average Bonchev–Trinajstić information content (AvgIpc) is 2.71. The number of nitrogens with two attached hydrogens (primary N) is 1. The van der Waals surface area contributed by atoms with Gasteiger partial charge >= 0.3 is 0 Å². The van der Waals surface area contributed by atoms with Crippen LogP contribution in [0.5, 0.6) is 5.75 Å². The molecule has 2 rings (SSSR count). The molecule has 0 atom stereocenters. The molecule has 3 N–H and O–H groups in total. The van der Waals surface area contributed by atoms with Gasteiger partial charge in [-0.15, -0.1) is 0 Å². The maximum atomic E-state index is 12.3. The Labute approximate surface area is 111 Å². The Morgan fingerprint density at radius 1 is 1.42 bits per heavy atom. The summed E-state index contributed by atoms with van der Waals surface area (Å²) in [4.78, 5) is 13.8. The van der Waals surface area contributed by atoms with Crippen LogP contribution in [-0.2, 0) is 13.6 Å². The molecule has 1 aromatic heterocycles. The summed E-state index contributed by atoms with van der Waals surface area (Å²) in [5.41, 5.74) is 7.40. The minimum atomic E-state index is -0.189. The number of anilines is 1. The van der Waals surface area contributed by atoms with Crippen LogP contribution in [-0.4, -0.2) is 32.7 Å². The van der Waals surface area contributed by atoms with Gasteiger partial charge in [0.05, 0.1) is 11.9 Å². The average molecular weight is 260 g/mol. The van der Waals surface area contributed by atoms with Crippen LogP contribution in [0.25, 0.3) is 0 Å². The zero-order valence-electron chi connectivity index (χ0n) is 10.9. The van der Waals surface area contributed by atoms with Gasteiger partial charge in [0.1, 0.15) is 11.4 Å². The smallest absolute Gasteiger partial charge is 0.274 e. The molecule has 19 heavy (non-hydrogen) atoms. The van der Waals surface area contributed by atoms with Gasteiger partial charge < -0.3 is 15.7 Å². The number of aryl methyl sites for hydroxylation is 1. The molecule has 0 radical (unpaired) electrons. The summed E-state index contributed by atoms with van der Waals surface area (Å²) in [5.74, 6) is 0.0131. The van der Waals surface area contributed by atoms with Crippen LogP contribution in [0, 0.1) is 0 Å². The van der Waals surface area contributed by atoms with Crippen molar-refractivity contribution in [3.63, 3.8) is 0 Å². The van der Waals surface area contributed by atoms with E-state index in [1.54, 1.807) is 43.3 Å². The van der Waals surface area contributed by atoms with E-state index in [1.165, 1.54) is 10.9 Å². The fourth-order valence-corrected chi connectivity index (χ4v) is 1.84. The zero-order chi connectivity index (χ0) is 14.0. The van der Waals surface area contributed by atoms with Gasteiger partial charge in [-0.2, -0.15) is 5.10 Å². The van der Waals surface area contributed by atoms with Crippen LogP contribution in [0.4, 0.5) is 5.69 Å². The monoisotopic (exact) mass is 260 g/mol. The number of nitrogens with zero attached hydrogens (tertiary/aromatic N) is 3. The number of carbonyl (C=O) groups is 1. The summed E-state index contributed by atoms with van der Waals surface area (Å²) in [5, 5.41) is 13.2. The van der Waals surface area contributed by atoms with E-state index in [2.05, 4.69) is 5.10 Å². The molecule has 0 bridgehead atoms. The number of aromatic nitrogens is 2. The standard InChI is InChI=1S/C13H16N4O2/c1-16(8-9-3-5-10(18)6-4-9)13(19)12-11(14)7-15-17(12)2/h3-7,18H,8,14H2,1-2H3. The Morgan fingerprint density at radius 2 is 2.05 bits per heavy atom. The van der Waals surface area contributed by atoms with E-state index in [-0.39, 0.29) is 11.7 Å². The van der Waals surface area contributed by atoms with E-state index in [4.69, 9.17) is 5.73 Å². The zero-order valence-corrected chi connectivity index (χ0v) is 10.9. The van der Waals surface area contributed by atoms with E-state index in [0.717, 1.165) is 5.56 Å². The van der Waals surface area contributed by atoms with Gasteiger partial charge in [-0.3, -0.25) is 9.48 Å². The first-order valence-corrected chi connectivity index (χ1v) is 5.80. The number of aromatic hydroxyl groups is 1. The maximum absolute atomic E-state index is 12.3. The Kier molecular flexibility index (Phi) is 3.41. The molecular weight excluding hydrogens is 244 g/mol. The molecule has 0 aliphatic rings. The van der Waals surface area contributed by atoms with E-state index in [0.29, 0.717) is 17.9 Å². The lowest BCUT2D eigenvalue weighted by atomic mass is 10.2. The molecule has 0 saturated carbocycles. The fraction of sp³-hybridized carbons (Fsp3) is 0.231. The van der Waals surface area contributed by atoms with Gasteiger partial charge in [-0.25, -0.2) is 0 Å². The molecule has 0 saturated heterocycles. The van der Waals surface area contributed by atoms with Crippen molar-refractivity contribution in [1.82, 2.24) is 14.7 Å². The van der Waals surface area contributed by atoms with Crippen molar-refractivity contribution in [1.29, 1.82) is 0 Å². The quantitative estimate of drug-likeness (QED) is 0.861. The molecule has 0 aliphatic carbocycles. The lowest BCUT2D eigenvalue weighted by Crippen LogP contribution is -2.28. The van der Waals surface area contributed by atoms with Crippen molar-refractivity contribution in [3.05, 3.63) is 41.7 Å². The second kappa shape index (κ2) is 5.01. The van der Waals surface area contributed by atoms with E-state index in [9.17, 15) is 9.90 Å². The van der Waals surface area contributed by atoms with Crippen LogP contribution >= 0.6 is 0 Å². The first-order chi connectivity index (χ1) is 8.99. The van der Waals surface area contributed by atoms with Crippen LogP contribution < -0.4 is 5.73 Å². The number of phenolic OH excluding ortho intramolecular Hbond substituents is 1. The van der Waals surface area contributed by atoms with Gasteiger partial charge in [-0.1, -0.05) is 12.1 Å². The van der Waals surface area contributed by atoms with Gasteiger partial charge in [0.2, 0.25) is 0 Å². The summed E-state index contributed by atoms with van der Waals surface area (Å²) in [6.45, 7) is 0.434. The lowest BCUT2D eigenvalue weighted by molar-refractivity contribution is 0.0775. The van der Waals surface area contributed by atoms with Gasteiger partial charge in [0.15, 0.2) is 0 Å². The number of amides is 1. The Morgan fingerprint density at radius 3 is 2.58 bits per heavy atom. The number of benzene rings is 1. The summed E-state index contributed by atoms with van der Waals surface area (Å²) in [6, 6.07) is 6.72. The molecule has 2 aromatic rings. The topological polar surface area (TPSA) is 84.4 Å². The van der Waals surface area contributed by atoms with Crippen molar-refractivity contribution in [2.45, 2.75) is 6.54 Å². The second-order valence-corrected chi connectivity index (χ2v) is 4.40. The first-order valence-electron chi connectivity index (χ1n) is 5.80. The van der Waals surface area contributed by atoms with Crippen molar-refractivity contribution in [3.8, 4) is 5.75 Å². The fourth-order valence-electron chi connectivity index (χ4n) is 1.84. The van der Waals surface area contributed by atoms with E-state index >= 15 is 0 Å². The van der Waals surface area contributed by atoms with Crippen molar-refractivity contribution in [2.24, 2.45) is 7.05 Å². The summed E-state index contributed by atoms with van der Waals surface area (Å²) in [7, 11) is 3.37. The van der Waals surface area contributed by atoms with Crippen LogP contribution in [0.15, 0.2) is 30.5 Å². The summed E-state index contributed by atoms with van der Waals surface area (Å²) >= 11 is 0. The third kappa shape index (κ3) is 2.67. The number of hydrogen-bond acceptors (Lipinski definition) is 4. The lowest BCUT2D eigenvalue weighted by Gasteiger charge is -2.17. The number of hydrogen-bond donors (Lipinski definition) is 2. The van der Waals surface area contributed by atoms with Crippen molar-refractivity contribution < 1.29 is 9.90 Å². The molecule has 6 heteroatoms. The molecular formula is C13H16N4O2. The van der Waals surface area contributed by atoms with Crippen molar-refractivity contribution in [2.75, 3.05) is 12.8 Å². The van der Waals surface area contributed by atoms with E-state index in [1.807, 2.05) is 0 Å². The minimum Gasteiger partial charge on any atom is -0.508 e. The van der Waals surface area contributed by atoms with Gasteiger partial charge in [0.25, 0.3) is 5.91 Å². The Hall–Kier alpha value is -2.50. The first kappa shape index (κ1) is 12.9. The number of carbonyl (C=O) groups excluding carboxylic acids is 1. The highest BCUT2D eigenvalue weighted by Crippen LogP contribution is 2.15. The SMILES string of the molecule is CN(Cc1ccc(O)cc1)C(=O)c1c(N)cnn1C. The highest BCUT2D eigenvalue weighted by molar-refractivity contribution is 5.97. The number of nitrogen functional groups attached to an aromatic ring is 1. The summed E-state index contributed by atoms with van der Waals surface area (Å²) < 4.78 is 1.46. The second-order valence-electron chi connectivity index (χ2n) is 4.40. The molecule has 0 fully saturated rings. The molecule has 0 spiro atoms. The Balaban J connectivity index is 2.14. The van der Waals surface area contributed by atoms with Gasteiger partial charge in [-0.05, 0) is 17.7 Å². The molecule has 0 unspecified atom stereocenters. The van der Waals surface area contributed by atoms with Crippen molar-refractivity contribution >= 4 is 11.6 Å². The highest BCUT2D eigenvalue weighted by atomic mass is 16.3. The molecule has 1 amide bonds. The van der Waals surface area contributed by atoms with Crippen LogP contribution in [0.1, 0.15) is 16.1 Å². The molecule has 100 valence electrons. The number of rotatable bonds is 3. The predicted octanol–water partition coefficient (Wildman–Crippen LogP) is 0.980. The maximum Gasteiger partial charge on any atom is 0.274 e. The van der Waals surface area contributed by atoms with Crippen LogP contribution in [0.2, 0.25) is 0 Å².